The Bertz CT molecular complexity index is 862. The Balaban J connectivity index is 1.44. The van der Waals surface area contributed by atoms with Crippen LogP contribution in [0.3, 0.4) is 0 Å². The van der Waals surface area contributed by atoms with Gasteiger partial charge >= 0.3 is 0 Å². The van der Waals surface area contributed by atoms with Gasteiger partial charge in [0, 0.05) is 18.9 Å². The molecule has 0 unspecified atom stereocenters. The molecule has 2 aromatic heterocycles. The smallest absolute Gasteiger partial charge is 0.272 e. The number of aromatic nitrogens is 3. The van der Waals surface area contributed by atoms with Crippen LogP contribution in [0.1, 0.15) is 33.4 Å². The predicted octanol–water partition coefficient (Wildman–Crippen LogP) is 2.48. The summed E-state index contributed by atoms with van der Waals surface area (Å²) in [6.07, 6.45) is 3.37. The van der Waals surface area contributed by atoms with Gasteiger partial charge in [-0.2, -0.15) is 5.10 Å². The summed E-state index contributed by atoms with van der Waals surface area (Å²) in [6, 6.07) is 15.6. The van der Waals surface area contributed by atoms with Crippen molar-refractivity contribution in [1.82, 2.24) is 20.1 Å². The van der Waals surface area contributed by atoms with E-state index in [2.05, 4.69) is 15.4 Å². The van der Waals surface area contributed by atoms with Crippen LogP contribution in [0, 0.1) is 0 Å². The van der Waals surface area contributed by atoms with Crippen LogP contribution in [-0.4, -0.2) is 20.7 Å². The van der Waals surface area contributed by atoms with Crippen molar-refractivity contribution in [3.05, 3.63) is 83.4 Å². The maximum absolute atomic E-state index is 12.3. The largest absolute Gasteiger partial charge is 0.365 e. The maximum Gasteiger partial charge on any atom is 0.272 e. The van der Waals surface area contributed by atoms with Crippen molar-refractivity contribution in [1.29, 1.82) is 0 Å². The van der Waals surface area contributed by atoms with Crippen LogP contribution < -0.4 is 5.32 Å². The highest BCUT2D eigenvalue weighted by Gasteiger charge is 2.23. The van der Waals surface area contributed by atoms with Crippen molar-refractivity contribution in [2.75, 3.05) is 0 Å². The number of carbonyl (C=O) groups excluding carboxylic acids is 1. The Kier molecular flexibility index (Phi) is 4.26. The molecule has 4 rings (SSSR count). The molecule has 0 radical (unpaired) electrons. The molecule has 0 spiro atoms. The molecule has 126 valence electrons. The first-order chi connectivity index (χ1) is 12.3. The third-order valence-corrected chi connectivity index (χ3v) is 4.24. The van der Waals surface area contributed by atoms with Crippen LogP contribution in [0.4, 0.5) is 0 Å². The lowest BCUT2D eigenvalue weighted by Crippen LogP contribution is -2.24. The lowest BCUT2D eigenvalue weighted by atomic mass is 10.1. The van der Waals surface area contributed by atoms with Crippen molar-refractivity contribution in [2.45, 2.75) is 25.8 Å². The number of carbonyl (C=O) groups is 1. The van der Waals surface area contributed by atoms with Gasteiger partial charge in [0.25, 0.3) is 5.91 Å². The fourth-order valence-electron chi connectivity index (χ4n) is 2.88. The fourth-order valence-corrected chi connectivity index (χ4v) is 2.88. The predicted molar refractivity (Wildman–Crippen MR) is 91.6 cm³/mol. The lowest BCUT2D eigenvalue weighted by molar-refractivity contribution is -0.00119. The van der Waals surface area contributed by atoms with Crippen molar-refractivity contribution in [3.63, 3.8) is 0 Å². The summed E-state index contributed by atoms with van der Waals surface area (Å²) in [6.45, 7) is 1.51. The highest BCUT2D eigenvalue weighted by Crippen LogP contribution is 2.26. The first-order valence-corrected chi connectivity index (χ1v) is 8.20. The van der Waals surface area contributed by atoms with Crippen molar-refractivity contribution < 1.29 is 9.53 Å². The van der Waals surface area contributed by atoms with Crippen LogP contribution in [0.5, 0.6) is 0 Å². The number of amides is 1. The number of hydrogen-bond acceptors (Lipinski definition) is 4. The number of nitrogens with one attached hydrogen (secondary N) is 1. The summed E-state index contributed by atoms with van der Waals surface area (Å²) in [5.41, 5.74) is 3.45. The van der Waals surface area contributed by atoms with Gasteiger partial charge in [0.1, 0.15) is 6.10 Å². The minimum atomic E-state index is -0.185. The van der Waals surface area contributed by atoms with E-state index in [1.165, 1.54) is 0 Å². The summed E-state index contributed by atoms with van der Waals surface area (Å²) in [7, 11) is 0. The van der Waals surface area contributed by atoms with Crippen molar-refractivity contribution in [2.24, 2.45) is 0 Å². The maximum atomic E-state index is 12.3. The van der Waals surface area contributed by atoms with Gasteiger partial charge in [-0.05, 0) is 29.3 Å². The Morgan fingerprint density at radius 3 is 2.80 bits per heavy atom. The van der Waals surface area contributed by atoms with Gasteiger partial charge in [-0.3, -0.25) is 14.5 Å². The Labute approximate surface area is 145 Å². The number of benzene rings is 1. The highest BCUT2D eigenvalue weighted by molar-refractivity contribution is 5.92. The Morgan fingerprint density at radius 1 is 1.20 bits per heavy atom. The molecule has 3 aromatic rings. The number of nitrogens with zero attached hydrogens (tertiary/aromatic N) is 3. The third-order valence-electron chi connectivity index (χ3n) is 4.24. The minimum absolute atomic E-state index is 0.0404. The molecule has 1 amide bonds. The zero-order valence-electron chi connectivity index (χ0n) is 13.6. The van der Waals surface area contributed by atoms with Gasteiger partial charge < -0.3 is 10.1 Å². The third kappa shape index (κ3) is 3.44. The zero-order chi connectivity index (χ0) is 17.1. The zero-order valence-corrected chi connectivity index (χ0v) is 13.6. The standard InChI is InChI=1S/C19H18N4O2/c24-19(21-11-14-6-8-20-9-7-14)17-10-16-13-25-18(12-23(16)22-17)15-4-2-1-3-5-15/h1-10,18H,11-13H2,(H,21,24)/t18-/m1/s1. The van der Waals surface area contributed by atoms with Gasteiger partial charge in [-0.15, -0.1) is 0 Å². The molecule has 1 aliphatic rings. The molecule has 1 N–H and O–H groups in total. The molecule has 6 heteroatoms. The molecule has 0 saturated heterocycles. The molecule has 1 aromatic carbocycles. The summed E-state index contributed by atoms with van der Waals surface area (Å²) in [4.78, 5) is 16.3. The molecular formula is C19H18N4O2. The van der Waals surface area contributed by atoms with Crippen LogP contribution >= 0.6 is 0 Å². The molecule has 3 heterocycles. The number of pyridine rings is 1. The van der Waals surface area contributed by atoms with E-state index in [0.29, 0.717) is 25.4 Å². The molecule has 25 heavy (non-hydrogen) atoms. The van der Waals surface area contributed by atoms with Gasteiger partial charge in [-0.25, -0.2) is 0 Å². The molecule has 0 fully saturated rings. The second kappa shape index (κ2) is 6.86. The van der Waals surface area contributed by atoms with E-state index in [9.17, 15) is 4.79 Å². The fraction of sp³-hybridized carbons (Fsp3) is 0.211. The van der Waals surface area contributed by atoms with Gasteiger partial charge in [-0.1, -0.05) is 30.3 Å². The van der Waals surface area contributed by atoms with E-state index in [0.717, 1.165) is 16.8 Å². The molecule has 1 atom stereocenters. The quantitative estimate of drug-likeness (QED) is 0.796. The summed E-state index contributed by atoms with van der Waals surface area (Å²) in [5, 5.41) is 7.33. The van der Waals surface area contributed by atoms with Crippen LogP contribution in [0.15, 0.2) is 60.9 Å². The van der Waals surface area contributed by atoms with Crippen molar-refractivity contribution >= 4 is 5.91 Å². The number of ether oxygens (including phenoxy) is 1. The average molecular weight is 334 g/mol. The normalized spacial score (nSPS) is 16.2. The van der Waals surface area contributed by atoms with Crippen molar-refractivity contribution in [3.8, 4) is 0 Å². The first-order valence-electron chi connectivity index (χ1n) is 8.20. The summed E-state index contributed by atoms with van der Waals surface area (Å²) < 4.78 is 7.78. The minimum Gasteiger partial charge on any atom is -0.365 e. The molecule has 0 bridgehead atoms. The van der Waals surface area contributed by atoms with Gasteiger partial charge in [0.2, 0.25) is 0 Å². The van der Waals surface area contributed by atoms with E-state index in [1.54, 1.807) is 18.5 Å². The summed E-state index contributed by atoms with van der Waals surface area (Å²) >= 11 is 0. The SMILES string of the molecule is O=C(NCc1ccncc1)c1cc2n(n1)C[C@H](c1ccccc1)OC2. The average Bonchev–Trinajstić information content (AvgIpc) is 3.11. The number of fused-ring (bicyclic) bond motifs is 1. The van der Waals surface area contributed by atoms with Crippen LogP contribution in [0.25, 0.3) is 0 Å². The van der Waals surface area contributed by atoms with E-state index in [1.807, 2.05) is 47.1 Å². The second-order valence-corrected chi connectivity index (χ2v) is 5.95. The number of hydrogen-bond donors (Lipinski definition) is 1. The monoisotopic (exact) mass is 334 g/mol. The Morgan fingerprint density at radius 2 is 2.00 bits per heavy atom. The van der Waals surface area contributed by atoms with E-state index in [-0.39, 0.29) is 12.0 Å². The molecule has 0 saturated carbocycles. The number of rotatable bonds is 4. The molecule has 0 aliphatic carbocycles. The first kappa shape index (κ1) is 15.5. The van der Waals surface area contributed by atoms with Gasteiger partial charge in [0.15, 0.2) is 5.69 Å². The lowest BCUT2D eigenvalue weighted by Gasteiger charge is -2.24. The van der Waals surface area contributed by atoms with Crippen LogP contribution in [-0.2, 0) is 24.4 Å². The van der Waals surface area contributed by atoms with Gasteiger partial charge in [0.05, 0.1) is 18.8 Å². The Hall–Kier alpha value is -2.99. The molecule has 6 nitrogen and oxygen atoms in total. The molecule has 1 aliphatic heterocycles. The topological polar surface area (TPSA) is 69.0 Å². The molecular weight excluding hydrogens is 316 g/mol. The summed E-state index contributed by atoms with van der Waals surface area (Å²) in [5.74, 6) is -0.185. The van der Waals surface area contributed by atoms with Crippen LogP contribution in [0.2, 0.25) is 0 Å². The van der Waals surface area contributed by atoms with E-state index < -0.39 is 0 Å². The second-order valence-electron chi connectivity index (χ2n) is 5.95. The highest BCUT2D eigenvalue weighted by atomic mass is 16.5. The van der Waals surface area contributed by atoms with E-state index in [4.69, 9.17) is 4.74 Å². The van der Waals surface area contributed by atoms with E-state index >= 15 is 0 Å².